The van der Waals surface area contributed by atoms with Crippen LogP contribution in [0.3, 0.4) is 0 Å². The lowest BCUT2D eigenvalue weighted by molar-refractivity contribution is -0.132. The number of ether oxygens (including phenoxy) is 1. The molecule has 0 aliphatic heterocycles. The quantitative estimate of drug-likeness (QED) is 0.759. The van der Waals surface area contributed by atoms with Crippen LogP contribution >= 0.6 is 0 Å². The predicted octanol–water partition coefficient (Wildman–Crippen LogP) is 3.95. The Morgan fingerprint density at radius 3 is 2.77 bits per heavy atom. The summed E-state index contributed by atoms with van der Waals surface area (Å²) in [4.78, 5) is 18.0. The van der Waals surface area contributed by atoms with Gasteiger partial charge in [0.05, 0.1) is 13.0 Å². The maximum Gasteiger partial charge on any atom is 0.226 e. The van der Waals surface area contributed by atoms with E-state index in [1.54, 1.807) is 0 Å². The number of nitrogens with one attached hydrogen (secondary N) is 1. The zero-order valence-corrected chi connectivity index (χ0v) is 15.1. The number of hydrogen-bond acceptors (Lipinski definition) is 2. The predicted molar refractivity (Wildman–Crippen MR) is 103 cm³/mol. The van der Waals surface area contributed by atoms with Crippen LogP contribution in [0.25, 0.3) is 10.9 Å². The highest BCUT2D eigenvalue weighted by molar-refractivity contribution is 5.85. The van der Waals surface area contributed by atoms with Crippen LogP contribution in [0.1, 0.15) is 24.1 Å². The third-order valence-electron chi connectivity index (χ3n) is 5.34. The number of H-pyrrole nitrogens is 1. The Morgan fingerprint density at radius 1 is 1.15 bits per heavy atom. The average molecular weight is 348 g/mol. The number of benzene rings is 2. The van der Waals surface area contributed by atoms with Gasteiger partial charge in [0.2, 0.25) is 5.91 Å². The van der Waals surface area contributed by atoms with Gasteiger partial charge in [-0.25, -0.2) is 0 Å². The molecule has 134 valence electrons. The van der Waals surface area contributed by atoms with Gasteiger partial charge >= 0.3 is 0 Å². The summed E-state index contributed by atoms with van der Waals surface area (Å²) < 4.78 is 5.66. The Balaban J connectivity index is 1.37. The number of fused-ring (bicyclic) bond motifs is 3. The minimum Gasteiger partial charge on any atom is -0.493 e. The van der Waals surface area contributed by atoms with Crippen molar-refractivity contribution < 1.29 is 9.53 Å². The number of likely N-dealkylation sites (N-methyl/N-ethyl adjacent to an activating group) is 1. The van der Waals surface area contributed by atoms with E-state index in [9.17, 15) is 4.79 Å². The molecule has 1 unspecified atom stereocenters. The molecule has 0 fully saturated rings. The summed E-state index contributed by atoms with van der Waals surface area (Å²) >= 11 is 0. The second-order valence-corrected chi connectivity index (χ2v) is 6.94. The highest BCUT2D eigenvalue weighted by Crippen LogP contribution is 2.30. The molecule has 1 atom stereocenters. The zero-order chi connectivity index (χ0) is 17.9. The van der Waals surface area contributed by atoms with Gasteiger partial charge in [0.1, 0.15) is 5.75 Å². The number of nitrogens with zero attached hydrogens (tertiary/aromatic N) is 1. The standard InChI is InChI=1S/C22H24N2O2/c1-24(22(25)13-14-26-17-7-3-2-4-8-17)16-11-12-21-19(15-16)18-9-5-6-10-20(18)23-21/h2-10,16,23H,11-15H2,1H3. The Labute approximate surface area is 153 Å². The van der Waals surface area contributed by atoms with Crippen LogP contribution in [0, 0.1) is 0 Å². The topological polar surface area (TPSA) is 45.3 Å². The second-order valence-electron chi connectivity index (χ2n) is 6.94. The van der Waals surface area contributed by atoms with Gasteiger partial charge in [0.15, 0.2) is 0 Å². The molecule has 26 heavy (non-hydrogen) atoms. The minimum atomic E-state index is 0.147. The fraction of sp³-hybridized carbons (Fsp3) is 0.318. The molecular weight excluding hydrogens is 324 g/mol. The molecule has 0 radical (unpaired) electrons. The number of amides is 1. The van der Waals surface area contributed by atoms with Crippen LogP contribution in [0.15, 0.2) is 54.6 Å². The lowest BCUT2D eigenvalue weighted by atomic mass is 9.90. The SMILES string of the molecule is CN(C(=O)CCOc1ccccc1)C1CCc2[nH]c3ccccc3c2C1. The van der Waals surface area contributed by atoms with E-state index in [4.69, 9.17) is 4.74 Å². The van der Waals surface area contributed by atoms with Crippen molar-refractivity contribution in [3.8, 4) is 5.75 Å². The first-order valence-electron chi connectivity index (χ1n) is 9.24. The van der Waals surface area contributed by atoms with Crippen molar-refractivity contribution in [1.29, 1.82) is 0 Å². The highest BCUT2D eigenvalue weighted by atomic mass is 16.5. The largest absolute Gasteiger partial charge is 0.493 e. The molecule has 0 bridgehead atoms. The second kappa shape index (κ2) is 7.24. The Bertz CT molecular complexity index is 901. The summed E-state index contributed by atoms with van der Waals surface area (Å²) in [6.45, 7) is 0.415. The molecule has 1 heterocycles. The Morgan fingerprint density at radius 2 is 1.92 bits per heavy atom. The van der Waals surface area contributed by atoms with E-state index >= 15 is 0 Å². The van der Waals surface area contributed by atoms with Crippen molar-refractivity contribution in [3.05, 3.63) is 65.9 Å². The van der Waals surface area contributed by atoms with Crippen molar-refractivity contribution in [2.24, 2.45) is 0 Å². The first-order valence-corrected chi connectivity index (χ1v) is 9.24. The van der Waals surface area contributed by atoms with E-state index in [1.807, 2.05) is 42.3 Å². The first kappa shape index (κ1) is 16.7. The van der Waals surface area contributed by atoms with E-state index < -0.39 is 0 Å². The number of aromatic nitrogens is 1. The van der Waals surface area contributed by atoms with Crippen molar-refractivity contribution in [2.75, 3.05) is 13.7 Å². The van der Waals surface area contributed by atoms with Crippen molar-refractivity contribution in [1.82, 2.24) is 9.88 Å². The third-order valence-corrected chi connectivity index (χ3v) is 5.34. The van der Waals surface area contributed by atoms with Gasteiger partial charge in [-0.15, -0.1) is 0 Å². The number of aromatic amines is 1. The summed E-state index contributed by atoms with van der Waals surface area (Å²) in [7, 11) is 1.93. The molecule has 1 amide bonds. The van der Waals surface area contributed by atoms with Gasteiger partial charge < -0.3 is 14.6 Å². The van der Waals surface area contributed by atoms with E-state index in [2.05, 4.69) is 29.2 Å². The molecule has 1 aliphatic carbocycles. The van der Waals surface area contributed by atoms with Crippen molar-refractivity contribution >= 4 is 16.8 Å². The van der Waals surface area contributed by atoms with Gasteiger partial charge in [0.25, 0.3) is 0 Å². The van der Waals surface area contributed by atoms with E-state index in [0.717, 1.165) is 25.0 Å². The van der Waals surface area contributed by atoms with Crippen molar-refractivity contribution in [2.45, 2.75) is 31.7 Å². The summed E-state index contributed by atoms with van der Waals surface area (Å²) in [5, 5.41) is 1.29. The molecule has 3 aromatic rings. The molecule has 1 aromatic heterocycles. The minimum absolute atomic E-state index is 0.147. The fourth-order valence-electron chi connectivity index (χ4n) is 3.83. The summed E-state index contributed by atoms with van der Waals surface area (Å²) in [6.07, 6.45) is 3.32. The number of hydrogen-bond donors (Lipinski definition) is 1. The van der Waals surface area contributed by atoms with Crippen LogP contribution in [0.5, 0.6) is 5.75 Å². The third kappa shape index (κ3) is 3.32. The zero-order valence-electron chi connectivity index (χ0n) is 15.1. The van der Waals surface area contributed by atoms with Crippen LogP contribution < -0.4 is 4.74 Å². The molecule has 4 nitrogen and oxygen atoms in total. The van der Waals surface area contributed by atoms with Gasteiger partial charge in [-0.2, -0.15) is 0 Å². The van der Waals surface area contributed by atoms with Crippen LogP contribution in [0.4, 0.5) is 0 Å². The fourth-order valence-corrected chi connectivity index (χ4v) is 3.83. The van der Waals surface area contributed by atoms with E-state index in [0.29, 0.717) is 13.0 Å². The number of rotatable bonds is 5. The first-order chi connectivity index (χ1) is 12.7. The van der Waals surface area contributed by atoms with Gasteiger partial charge in [-0.1, -0.05) is 36.4 Å². The van der Waals surface area contributed by atoms with Crippen LogP contribution in [0.2, 0.25) is 0 Å². The molecule has 4 rings (SSSR count). The van der Waals surface area contributed by atoms with Crippen molar-refractivity contribution in [3.63, 3.8) is 0 Å². The maximum atomic E-state index is 12.6. The molecular formula is C22H24N2O2. The number of carbonyl (C=O) groups is 1. The smallest absolute Gasteiger partial charge is 0.226 e. The van der Waals surface area contributed by atoms with Crippen LogP contribution in [-0.2, 0) is 17.6 Å². The lowest BCUT2D eigenvalue weighted by Crippen LogP contribution is -2.41. The highest BCUT2D eigenvalue weighted by Gasteiger charge is 2.27. The summed E-state index contributed by atoms with van der Waals surface area (Å²) in [6, 6.07) is 18.3. The number of carbonyl (C=O) groups excluding carboxylic acids is 1. The number of aryl methyl sites for hydroxylation is 1. The maximum absolute atomic E-state index is 12.6. The summed E-state index contributed by atoms with van der Waals surface area (Å²) in [5.74, 6) is 0.957. The lowest BCUT2D eigenvalue weighted by Gasteiger charge is -2.31. The van der Waals surface area contributed by atoms with E-state index in [1.165, 1.54) is 22.2 Å². The van der Waals surface area contributed by atoms with Gasteiger partial charge in [-0.05, 0) is 43.0 Å². The normalized spacial score (nSPS) is 16.3. The Kier molecular flexibility index (Phi) is 4.65. The van der Waals surface area contributed by atoms with Gasteiger partial charge in [-0.3, -0.25) is 4.79 Å². The van der Waals surface area contributed by atoms with Gasteiger partial charge in [0, 0.05) is 29.7 Å². The molecule has 2 aromatic carbocycles. The van der Waals surface area contributed by atoms with Crippen LogP contribution in [-0.4, -0.2) is 35.5 Å². The molecule has 0 saturated heterocycles. The monoisotopic (exact) mass is 348 g/mol. The summed E-state index contributed by atoms with van der Waals surface area (Å²) in [5.41, 5.74) is 3.90. The molecule has 0 spiro atoms. The van der Waals surface area contributed by atoms with E-state index in [-0.39, 0.29) is 11.9 Å². The Hall–Kier alpha value is -2.75. The average Bonchev–Trinajstić information content (AvgIpc) is 3.06. The molecule has 1 N–H and O–H groups in total. The molecule has 0 saturated carbocycles. The number of para-hydroxylation sites is 2. The molecule has 4 heteroatoms. The molecule has 1 aliphatic rings.